The van der Waals surface area contributed by atoms with Crippen LogP contribution < -0.4 is 4.90 Å². The van der Waals surface area contributed by atoms with Gasteiger partial charge in [-0.05, 0) is 18.6 Å². The molecular weight excluding hydrogens is 334 g/mol. The minimum atomic E-state index is -0.368. The SMILES string of the molecule is CN(CC1CN(c2ccccc2)C(=O)O1)C(=O)C1CCn2ncnc2C1. The van der Waals surface area contributed by atoms with E-state index in [1.165, 1.54) is 6.33 Å². The fourth-order valence-electron chi connectivity index (χ4n) is 3.59. The predicted molar refractivity (Wildman–Crippen MR) is 93.5 cm³/mol. The molecule has 136 valence electrons. The molecule has 1 aromatic heterocycles. The molecule has 0 aliphatic carbocycles. The smallest absolute Gasteiger partial charge is 0.414 e. The molecule has 2 atom stereocenters. The maximum Gasteiger partial charge on any atom is 0.414 e. The van der Waals surface area contributed by atoms with Gasteiger partial charge in [0.1, 0.15) is 18.3 Å². The normalized spacial score (nSPS) is 22.0. The Balaban J connectivity index is 1.36. The Morgan fingerprint density at radius 1 is 1.35 bits per heavy atom. The lowest BCUT2D eigenvalue weighted by Gasteiger charge is -2.27. The van der Waals surface area contributed by atoms with Crippen LogP contribution in [0.15, 0.2) is 36.7 Å². The number of benzene rings is 1. The van der Waals surface area contributed by atoms with E-state index in [1.54, 1.807) is 16.8 Å². The lowest BCUT2D eigenvalue weighted by atomic mass is 9.96. The standard InChI is InChI=1S/C18H21N5O3/c1-21(17(24)13-7-8-23-16(9-13)19-12-20-23)10-15-11-22(18(25)26-15)14-5-3-2-4-6-14/h2-6,12-13,15H,7-11H2,1H3. The number of carbonyl (C=O) groups is 2. The van der Waals surface area contributed by atoms with E-state index in [0.717, 1.165) is 17.9 Å². The zero-order valence-electron chi connectivity index (χ0n) is 14.6. The van der Waals surface area contributed by atoms with E-state index in [-0.39, 0.29) is 24.0 Å². The van der Waals surface area contributed by atoms with Crippen molar-refractivity contribution < 1.29 is 14.3 Å². The van der Waals surface area contributed by atoms with Crippen molar-refractivity contribution in [3.8, 4) is 0 Å². The van der Waals surface area contributed by atoms with Gasteiger partial charge >= 0.3 is 6.09 Å². The van der Waals surface area contributed by atoms with E-state index in [0.29, 0.717) is 26.1 Å². The van der Waals surface area contributed by atoms with E-state index in [9.17, 15) is 9.59 Å². The van der Waals surface area contributed by atoms with E-state index in [4.69, 9.17) is 4.74 Å². The first kappa shape index (κ1) is 16.6. The molecule has 0 N–H and O–H groups in total. The number of likely N-dealkylation sites (N-methyl/N-ethyl adjacent to an activating group) is 1. The van der Waals surface area contributed by atoms with Crippen LogP contribution in [-0.4, -0.2) is 57.9 Å². The van der Waals surface area contributed by atoms with Gasteiger partial charge in [-0.2, -0.15) is 5.10 Å². The van der Waals surface area contributed by atoms with Crippen molar-refractivity contribution in [2.24, 2.45) is 5.92 Å². The summed E-state index contributed by atoms with van der Waals surface area (Å²) >= 11 is 0. The van der Waals surface area contributed by atoms with Crippen molar-refractivity contribution in [1.82, 2.24) is 19.7 Å². The van der Waals surface area contributed by atoms with Gasteiger partial charge in [0.25, 0.3) is 0 Å². The summed E-state index contributed by atoms with van der Waals surface area (Å²) in [5.74, 6) is 0.818. The van der Waals surface area contributed by atoms with Gasteiger partial charge < -0.3 is 9.64 Å². The molecule has 0 spiro atoms. The molecule has 1 saturated heterocycles. The summed E-state index contributed by atoms with van der Waals surface area (Å²) in [5.41, 5.74) is 0.806. The molecule has 1 fully saturated rings. The minimum Gasteiger partial charge on any atom is -0.442 e. The van der Waals surface area contributed by atoms with Gasteiger partial charge in [-0.1, -0.05) is 18.2 Å². The molecule has 2 aromatic rings. The number of ether oxygens (including phenoxy) is 1. The summed E-state index contributed by atoms with van der Waals surface area (Å²) in [6.07, 6.45) is 2.18. The molecule has 8 heteroatoms. The third-order valence-corrected chi connectivity index (χ3v) is 4.96. The molecule has 2 amide bonds. The first-order valence-electron chi connectivity index (χ1n) is 8.76. The van der Waals surface area contributed by atoms with Crippen LogP contribution in [-0.2, 0) is 22.5 Å². The third-order valence-electron chi connectivity index (χ3n) is 4.96. The van der Waals surface area contributed by atoms with Crippen LogP contribution in [0.3, 0.4) is 0 Å². The number of fused-ring (bicyclic) bond motifs is 1. The Hall–Kier alpha value is -2.90. The van der Waals surface area contributed by atoms with Crippen molar-refractivity contribution in [3.63, 3.8) is 0 Å². The molecular formula is C18H21N5O3. The number of nitrogens with zero attached hydrogens (tertiary/aromatic N) is 5. The Morgan fingerprint density at radius 2 is 2.15 bits per heavy atom. The number of carbonyl (C=O) groups excluding carboxylic acids is 2. The fraction of sp³-hybridized carbons (Fsp3) is 0.444. The van der Waals surface area contributed by atoms with Crippen molar-refractivity contribution in [3.05, 3.63) is 42.5 Å². The highest BCUT2D eigenvalue weighted by atomic mass is 16.6. The van der Waals surface area contributed by atoms with E-state index < -0.39 is 0 Å². The zero-order valence-corrected chi connectivity index (χ0v) is 14.6. The van der Waals surface area contributed by atoms with Crippen LogP contribution in [0.1, 0.15) is 12.2 Å². The number of rotatable bonds is 4. The van der Waals surface area contributed by atoms with Gasteiger partial charge in [0.15, 0.2) is 0 Å². The number of hydrogen-bond donors (Lipinski definition) is 0. The van der Waals surface area contributed by atoms with Gasteiger partial charge in [0.05, 0.1) is 13.1 Å². The third kappa shape index (κ3) is 3.14. The van der Waals surface area contributed by atoms with Gasteiger partial charge in [-0.25, -0.2) is 9.78 Å². The maximum atomic E-state index is 12.8. The van der Waals surface area contributed by atoms with Crippen LogP contribution in [0.25, 0.3) is 0 Å². The summed E-state index contributed by atoms with van der Waals surface area (Å²) in [6.45, 7) is 1.54. The second-order valence-corrected chi connectivity index (χ2v) is 6.76. The summed E-state index contributed by atoms with van der Waals surface area (Å²) in [4.78, 5) is 32.4. The van der Waals surface area contributed by atoms with Gasteiger partial charge in [-0.15, -0.1) is 0 Å². The van der Waals surface area contributed by atoms with Crippen molar-refractivity contribution in [1.29, 1.82) is 0 Å². The molecule has 2 unspecified atom stereocenters. The van der Waals surface area contributed by atoms with E-state index in [1.807, 2.05) is 35.0 Å². The number of cyclic esters (lactones) is 1. The summed E-state index contributed by atoms with van der Waals surface area (Å²) in [5, 5.41) is 4.14. The van der Waals surface area contributed by atoms with Crippen LogP contribution in [0.4, 0.5) is 10.5 Å². The highest BCUT2D eigenvalue weighted by Gasteiger charge is 2.35. The molecule has 3 heterocycles. The molecule has 8 nitrogen and oxygen atoms in total. The van der Waals surface area contributed by atoms with Crippen molar-refractivity contribution in [2.75, 3.05) is 25.0 Å². The number of anilines is 1. The van der Waals surface area contributed by atoms with Crippen molar-refractivity contribution >= 4 is 17.7 Å². The predicted octanol–water partition coefficient (Wildman–Crippen LogP) is 1.32. The number of aryl methyl sites for hydroxylation is 1. The fourth-order valence-corrected chi connectivity index (χ4v) is 3.59. The molecule has 0 saturated carbocycles. The second kappa shape index (κ2) is 6.78. The maximum absolute atomic E-state index is 12.8. The Labute approximate surface area is 151 Å². The Kier molecular flexibility index (Phi) is 4.32. The van der Waals surface area contributed by atoms with Crippen LogP contribution in [0, 0.1) is 5.92 Å². The summed E-state index contributed by atoms with van der Waals surface area (Å²) < 4.78 is 7.29. The molecule has 0 radical (unpaired) electrons. The molecule has 26 heavy (non-hydrogen) atoms. The van der Waals surface area contributed by atoms with Gasteiger partial charge in [0, 0.05) is 31.6 Å². The Bertz CT molecular complexity index is 806. The highest BCUT2D eigenvalue weighted by molar-refractivity contribution is 5.89. The largest absolute Gasteiger partial charge is 0.442 e. The monoisotopic (exact) mass is 355 g/mol. The van der Waals surface area contributed by atoms with E-state index in [2.05, 4.69) is 10.1 Å². The van der Waals surface area contributed by atoms with Crippen LogP contribution in [0.2, 0.25) is 0 Å². The zero-order chi connectivity index (χ0) is 18.1. The number of para-hydroxylation sites is 1. The quantitative estimate of drug-likeness (QED) is 0.826. The molecule has 4 rings (SSSR count). The highest BCUT2D eigenvalue weighted by Crippen LogP contribution is 2.23. The van der Waals surface area contributed by atoms with Crippen molar-refractivity contribution in [2.45, 2.75) is 25.5 Å². The topological polar surface area (TPSA) is 80.6 Å². The number of hydrogen-bond acceptors (Lipinski definition) is 5. The molecule has 1 aromatic carbocycles. The summed E-state index contributed by atoms with van der Waals surface area (Å²) in [6, 6.07) is 9.41. The lowest BCUT2D eigenvalue weighted by molar-refractivity contribution is -0.135. The van der Waals surface area contributed by atoms with Gasteiger partial charge in [0.2, 0.25) is 5.91 Å². The molecule has 2 aliphatic heterocycles. The second-order valence-electron chi connectivity index (χ2n) is 6.76. The number of aromatic nitrogens is 3. The average Bonchev–Trinajstić information content (AvgIpc) is 3.27. The minimum absolute atomic E-state index is 0.0634. The summed E-state index contributed by atoms with van der Waals surface area (Å²) in [7, 11) is 1.76. The van der Waals surface area contributed by atoms with Gasteiger partial charge in [-0.3, -0.25) is 14.4 Å². The lowest BCUT2D eigenvalue weighted by Crippen LogP contribution is -2.41. The first-order valence-corrected chi connectivity index (χ1v) is 8.76. The number of amides is 2. The molecule has 0 bridgehead atoms. The average molecular weight is 355 g/mol. The van der Waals surface area contributed by atoms with Crippen LogP contribution in [0.5, 0.6) is 0 Å². The Morgan fingerprint density at radius 3 is 2.96 bits per heavy atom. The molecule has 2 aliphatic rings. The van der Waals surface area contributed by atoms with E-state index >= 15 is 0 Å². The van der Waals surface area contributed by atoms with Crippen LogP contribution >= 0.6 is 0 Å². The first-order chi connectivity index (χ1) is 12.6.